The molecule has 7 nitrogen and oxygen atoms in total. The molecule has 0 fully saturated rings. The minimum atomic E-state index is -3.55. The first-order chi connectivity index (χ1) is 17.3. The van der Waals surface area contributed by atoms with Crippen molar-refractivity contribution in [2.24, 2.45) is 5.92 Å². The summed E-state index contributed by atoms with van der Waals surface area (Å²) < 4.78 is 26.3. The third-order valence-electron chi connectivity index (χ3n) is 5.90. The van der Waals surface area contributed by atoms with E-state index in [0.29, 0.717) is 34.3 Å². The molecule has 37 heavy (non-hydrogen) atoms. The number of rotatable bonds is 13. The molecule has 0 radical (unpaired) electrons. The molecule has 2 aromatic rings. The van der Waals surface area contributed by atoms with E-state index in [1.807, 2.05) is 33.8 Å². The van der Waals surface area contributed by atoms with Crippen molar-refractivity contribution in [3.05, 3.63) is 63.6 Å². The van der Waals surface area contributed by atoms with Crippen LogP contribution in [-0.4, -0.2) is 50.5 Å². The molecule has 204 valence electrons. The third kappa shape index (κ3) is 9.20. The van der Waals surface area contributed by atoms with Gasteiger partial charge in [-0.1, -0.05) is 62.2 Å². The highest BCUT2D eigenvalue weighted by Gasteiger charge is 2.30. The van der Waals surface area contributed by atoms with Crippen LogP contribution in [0.5, 0.6) is 0 Å². The lowest BCUT2D eigenvalue weighted by molar-refractivity contribution is -0.141. The van der Waals surface area contributed by atoms with Gasteiger partial charge in [-0.25, -0.2) is 8.42 Å². The maximum absolute atomic E-state index is 13.5. The van der Waals surface area contributed by atoms with E-state index in [4.69, 9.17) is 23.2 Å². The molecule has 2 aromatic carbocycles. The maximum Gasteiger partial charge on any atom is 0.242 e. The summed E-state index contributed by atoms with van der Waals surface area (Å²) in [5.74, 6) is -0.266. The summed E-state index contributed by atoms with van der Waals surface area (Å²) in [5, 5.41) is 3.73. The van der Waals surface area contributed by atoms with Crippen molar-refractivity contribution in [3.63, 3.8) is 0 Å². The zero-order valence-electron chi connectivity index (χ0n) is 22.1. The van der Waals surface area contributed by atoms with Crippen LogP contribution >= 0.6 is 23.2 Å². The predicted molar refractivity (Wildman–Crippen MR) is 152 cm³/mol. The summed E-state index contributed by atoms with van der Waals surface area (Å²) in [6.45, 7) is 8.41. The van der Waals surface area contributed by atoms with Gasteiger partial charge in [0.05, 0.1) is 11.9 Å². The molecular weight excluding hydrogens is 533 g/mol. The lowest BCUT2D eigenvalue weighted by Gasteiger charge is -2.32. The number of carbonyl (C=O) groups excluding carboxylic acids is 2. The van der Waals surface area contributed by atoms with Gasteiger partial charge in [-0.3, -0.25) is 13.9 Å². The van der Waals surface area contributed by atoms with Crippen LogP contribution in [0.1, 0.15) is 51.2 Å². The van der Waals surface area contributed by atoms with Crippen molar-refractivity contribution in [2.45, 2.75) is 59.5 Å². The van der Waals surface area contributed by atoms with E-state index in [1.54, 1.807) is 36.4 Å². The summed E-state index contributed by atoms with van der Waals surface area (Å²) in [6.07, 6.45) is 1.87. The molecule has 2 amide bonds. The Bertz CT molecular complexity index is 1170. The monoisotopic (exact) mass is 569 g/mol. The number of halogens is 2. The number of anilines is 1. The molecule has 0 aliphatic rings. The van der Waals surface area contributed by atoms with Gasteiger partial charge in [-0.05, 0) is 55.5 Å². The van der Waals surface area contributed by atoms with Crippen LogP contribution in [0.15, 0.2) is 42.5 Å². The van der Waals surface area contributed by atoms with Crippen molar-refractivity contribution in [3.8, 4) is 0 Å². The van der Waals surface area contributed by atoms with Crippen LogP contribution in [0, 0.1) is 12.8 Å². The number of nitrogens with zero attached hydrogens (tertiary/aromatic N) is 2. The fraction of sp³-hybridized carbons (Fsp3) is 0.481. The van der Waals surface area contributed by atoms with E-state index < -0.39 is 16.1 Å². The standard InChI is InChI=1S/C27H37Cl2N3O4S/c1-6-25(27(34)30-17-19(2)3)31(18-22-23(28)12-8-13-24(22)29)26(33)14-9-15-32(37(5,35)36)21-11-7-10-20(4)16-21/h7-8,10-13,16,19,25H,6,9,14-15,17-18H2,1-5H3,(H,30,34). The number of hydrogen-bond acceptors (Lipinski definition) is 4. The zero-order chi connectivity index (χ0) is 27.8. The van der Waals surface area contributed by atoms with Crippen LogP contribution in [0.2, 0.25) is 10.0 Å². The molecule has 0 saturated carbocycles. The summed E-state index contributed by atoms with van der Waals surface area (Å²) in [7, 11) is -3.55. The molecule has 0 spiro atoms. The van der Waals surface area contributed by atoms with E-state index in [9.17, 15) is 18.0 Å². The lowest BCUT2D eigenvalue weighted by atomic mass is 10.1. The van der Waals surface area contributed by atoms with Gasteiger partial charge in [0.2, 0.25) is 21.8 Å². The van der Waals surface area contributed by atoms with E-state index >= 15 is 0 Å². The Morgan fingerprint density at radius 1 is 1.05 bits per heavy atom. The second-order valence-corrected chi connectivity index (χ2v) is 12.3. The largest absolute Gasteiger partial charge is 0.354 e. The number of aryl methyl sites for hydroxylation is 1. The molecule has 0 aromatic heterocycles. The van der Waals surface area contributed by atoms with Crippen LogP contribution in [0.4, 0.5) is 5.69 Å². The van der Waals surface area contributed by atoms with Gasteiger partial charge < -0.3 is 10.2 Å². The van der Waals surface area contributed by atoms with Gasteiger partial charge in [0.1, 0.15) is 6.04 Å². The molecule has 1 atom stereocenters. The van der Waals surface area contributed by atoms with Gasteiger partial charge in [-0.15, -0.1) is 0 Å². The molecule has 1 unspecified atom stereocenters. The van der Waals surface area contributed by atoms with E-state index in [-0.39, 0.29) is 43.7 Å². The molecule has 1 N–H and O–H groups in total. The second-order valence-electron chi connectivity index (χ2n) is 9.56. The Morgan fingerprint density at radius 2 is 1.68 bits per heavy atom. The Balaban J connectivity index is 2.27. The van der Waals surface area contributed by atoms with Crippen LogP contribution in [0.25, 0.3) is 0 Å². The normalized spacial score (nSPS) is 12.3. The molecule has 0 aliphatic heterocycles. The maximum atomic E-state index is 13.5. The van der Waals surface area contributed by atoms with Gasteiger partial charge in [0.25, 0.3) is 0 Å². The molecule has 10 heteroatoms. The molecule has 0 bridgehead atoms. The number of sulfonamides is 1. The summed E-state index contributed by atoms with van der Waals surface area (Å²) in [6, 6.07) is 11.6. The zero-order valence-corrected chi connectivity index (χ0v) is 24.5. The highest BCUT2D eigenvalue weighted by molar-refractivity contribution is 7.92. The lowest BCUT2D eigenvalue weighted by Crippen LogP contribution is -2.49. The molecule has 2 rings (SSSR count). The average molecular weight is 571 g/mol. The number of amides is 2. The van der Waals surface area contributed by atoms with Crippen LogP contribution in [-0.2, 0) is 26.2 Å². The first kappa shape index (κ1) is 30.9. The first-order valence-corrected chi connectivity index (χ1v) is 15.0. The van der Waals surface area contributed by atoms with Crippen molar-refractivity contribution in [1.29, 1.82) is 0 Å². The summed E-state index contributed by atoms with van der Waals surface area (Å²) in [5.41, 5.74) is 2.05. The number of benzene rings is 2. The smallest absolute Gasteiger partial charge is 0.242 e. The third-order valence-corrected chi connectivity index (χ3v) is 7.80. The fourth-order valence-electron chi connectivity index (χ4n) is 3.98. The Kier molecular flexibility index (Phi) is 11.7. The molecule has 0 aliphatic carbocycles. The quantitative estimate of drug-likeness (QED) is 0.348. The average Bonchev–Trinajstić information content (AvgIpc) is 2.81. The van der Waals surface area contributed by atoms with Crippen molar-refractivity contribution >= 4 is 50.7 Å². The number of nitrogens with one attached hydrogen (secondary N) is 1. The van der Waals surface area contributed by atoms with E-state index in [1.165, 1.54) is 9.21 Å². The number of carbonyl (C=O) groups is 2. The molecular formula is C27H37Cl2N3O4S. The van der Waals surface area contributed by atoms with Crippen molar-refractivity contribution < 1.29 is 18.0 Å². The van der Waals surface area contributed by atoms with Crippen LogP contribution < -0.4 is 9.62 Å². The van der Waals surface area contributed by atoms with E-state index in [0.717, 1.165) is 11.8 Å². The van der Waals surface area contributed by atoms with Crippen molar-refractivity contribution in [2.75, 3.05) is 23.7 Å². The summed E-state index contributed by atoms with van der Waals surface area (Å²) in [4.78, 5) is 28.1. The minimum absolute atomic E-state index is 0.0495. The van der Waals surface area contributed by atoms with Gasteiger partial charge in [0, 0.05) is 41.7 Å². The Hall–Kier alpha value is -2.29. The Labute approximate surface area is 231 Å². The first-order valence-electron chi connectivity index (χ1n) is 12.4. The second kappa shape index (κ2) is 14.0. The SMILES string of the molecule is CCC(C(=O)NCC(C)C)N(Cc1c(Cl)cccc1Cl)C(=O)CCCN(c1cccc(C)c1)S(C)(=O)=O. The molecule has 0 heterocycles. The highest BCUT2D eigenvalue weighted by Crippen LogP contribution is 2.27. The van der Waals surface area contributed by atoms with Crippen LogP contribution in [0.3, 0.4) is 0 Å². The predicted octanol–water partition coefficient (Wildman–Crippen LogP) is 5.43. The fourth-order valence-corrected chi connectivity index (χ4v) is 5.46. The number of hydrogen-bond donors (Lipinski definition) is 1. The highest BCUT2D eigenvalue weighted by atomic mass is 35.5. The van der Waals surface area contributed by atoms with Gasteiger partial charge in [0.15, 0.2) is 0 Å². The van der Waals surface area contributed by atoms with Crippen molar-refractivity contribution in [1.82, 2.24) is 10.2 Å². The minimum Gasteiger partial charge on any atom is -0.354 e. The van der Waals surface area contributed by atoms with E-state index in [2.05, 4.69) is 5.32 Å². The van der Waals surface area contributed by atoms with Gasteiger partial charge in [-0.2, -0.15) is 0 Å². The topological polar surface area (TPSA) is 86.8 Å². The molecule has 0 saturated heterocycles. The summed E-state index contributed by atoms with van der Waals surface area (Å²) >= 11 is 12.8. The Morgan fingerprint density at radius 3 is 2.22 bits per heavy atom. The van der Waals surface area contributed by atoms with Gasteiger partial charge >= 0.3 is 0 Å².